The van der Waals surface area contributed by atoms with Crippen LogP contribution in [0.1, 0.15) is 31.2 Å². The molecule has 1 amide bonds. The van der Waals surface area contributed by atoms with Crippen LogP contribution in [0.15, 0.2) is 36.0 Å². The van der Waals surface area contributed by atoms with Crippen LogP contribution >= 0.6 is 0 Å². The van der Waals surface area contributed by atoms with Gasteiger partial charge >= 0.3 is 0 Å². The van der Waals surface area contributed by atoms with Crippen molar-refractivity contribution < 1.29 is 9.53 Å². The third-order valence-electron chi connectivity index (χ3n) is 8.16. The van der Waals surface area contributed by atoms with Crippen molar-refractivity contribution in [3.63, 3.8) is 0 Å². The Morgan fingerprint density at radius 3 is 3.12 bits per heavy atom. The number of carbonyl (C=O) groups excluding carboxylic acids is 1. The van der Waals surface area contributed by atoms with Gasteiger partial charge in [-0.25, -0.2) is 0 Å². The van der Waals surface area contributed by atoms with Crippen LogP contribution in [0.2, 0.25) is 0 Å². The maximum atomic E-state index is 13.2. The van der Waals surface area contributed by atoms with E-state index in [4.69, 9.17) is 4.74 Å². The predicted molar refractivity (Wildman–Crippen MR) is 93.2 cm³/mol. The number of carbonyl (C=O) groups is 1. The zero-order chi connectivity index (χ0) is 16.3. The Hall–Kier alpha value is -1.81. The van der Waals surface area contributed by atoms with Gasteiger partial charge in [-0.3, -0.25) is 4.79 Å². The van der Waals surface area contributed by atoms with Crippen molar-refractivity contribution in [2.24, 2.45) is 11.8 Å². The zero-order valence-corrected chi connectivity index (χ0v) is 14.2. The molecule has 4 fully saturated rings. The van der Waals surface area contributed by atoms with E-state index in [1.165, 1.54) is 24.1 Å². The molecule has 0 unspecified atom stereocenters. The highest BCUT2D eigenvalue weighted by Gasteiger charge is 2.70. The molecule has 1 aliphatic carbocycles. The summed E-state index contributed by atoms with van der Waals surface area (Å²) in [5, 5.41) is 0. The summed E-state index contributed by atoms with van der Waals surface area (Å²) in [5.74, 6) is 1.35. The van der Waals surface area contributed by atoms with E-state index in [0.29, 0.717) is 30.3 Å². The third kappa shape index (κ3) is 1.31. The first-order valence-electron chi connectivity index (χ1n) is 9.78. The Labute approximate surface area is 147 Å². The minimum absolute atomic E-state index is 0.113. The Bertz CT molecular complexity index is 848. The first kappa shape index (κ1) is 13.4. The van der Waals surface area contributed by atoms with Gasteiger partial charge in [-0.15, -0.1) is 0 Å². The van der Waals surface area contributed by atoms with Gasteiger partial charge in [0.25, 0.3) is 0 Å². The van der Waals surface area contributed by atoms with Gasteiger partial charge in [0, 0.05) is 29.6 Å². The van der Waals surface area contributed by atoms with Crippen molar-refractivity contribution in [2.45, 2.75) is 49.3 Å². The quantitative estimate of drug-likeness (QED) is 0.731. The van der Waals surface area contributed by atoms with Gasteiger partial charge in [-0.05, 0) is 48.6 Å². The summed E-state index contributed by atoms with van der Waals surface area (Å²) in [6.45, 7) is 1.91. The average Bonchev–Trinajstić information content (AvgIpc) is 3.10. The highest BCUT2D eigenvalue weighted by atomic mass is 16.5. The zero-order valence-electron chi connectivity index (χ0n) is 14.2. The van der Waals surface area contributed by atoms with Gasteiger partial charge in [0.05, 0.1) is 25.2 Å². The second-order valence-electron chi connectivity index (χ2n) is 8.76. The molecule has 5 heterocycles. The van der Waals surface area contributed by atoms with E-state index in [1.54, 1.807) is 5.57 Å². The van der Waals surface area contributed by atoms with Crippen LogP contribution in [-0.4, -0.2) is 42.1 Å². The molecule has 2 bridgehead atoms. The first-order chi connectivity index (χ1) is 12.3. The Kier molecular flexibility index (Phi) is 2.21. The molecule has 1 spiro atoms. The van der Waals surface area contributed by atoms with E-state index in [1.807, 2.05) is 0 Å². The van der Waals surface area contributed by atoms with E-state index in [9.17, 15) is 4.79 Å². The van der Waals surface area contributed by atoms with Crippen LogP contribution in [0.4, 0.5) is 5.69 Å². The molecule has 0 N–H and O–H groups in total. The third-order valence-corrected chi connectivity index (χ3v) is 8.16. The number of fused-ring (bicyclic) bond motifs is 2. The number of hydrogen-bond acceptors (Lipinski definition) is 3. The second kappa shape index (κ2) is 4.12. The summed E-state index contributed by atoms with van der Waals surface area (Å²) in [6.07, 6.45) is 6.62. The van der Waals surface area contributed by atoms with Crippen LogP contribution in [0, 0.1) is 11.8 Å². The van der Waals surface area contributed by atoms with Crippen LogP contribution in [0.3, 0.4) is 0 Å². The van der Waals surface area contributed by atoms with Crippen molar-refractivity contribution in [2.75, 3.05) is 18.1 Å². The Morgan fingerprint density at radius 1 is 1.24 bits per heavy atom. The number of piperidine rings is 1. The summed E-state index contributed by atoms with van der Waals surface area (Å²) in [5.41, 5.74) is 4.32. The number of amides is 1. The fraction of sp³-hybridized carbons (Fsp3) is 0.571. The molecule has 7 rings (SSSR count). The highest BCUT2D eigenvalue weighted by Crippen LogP contribution is 2.65. The lowest BCUT2D eigenvalue weighted by Gasteiger charge is -2.57. The smallest absolute Gasteiger partial charge is 0.229 e. The topological polar surface area (TPSA) is 32.8 Å². The molecule has 0 radical (unpaired) electrons. The van der Waals surface area contributed by atoms with E-state index < -0.39 is 0 Å². The molecule has 4 heteroatoms. The molecular weight excluding hydrogens is 312 g/mol. The molecule has 4 nitrogen and oxygen atoms in total. The van der Waals surface area contributed by atoms with Crippen LogP contribution in [0.5, 0.6) is 0 Å². The molecule has 3 saturated heterocycles. The monoisotopic (exact) mass is 334 g/mol. The number of hydrogen-bond donors (Lipinski definition) is 0. The van der Waals surface area contributed by atoms with E-state index in [-0.39, 0.29) is 17.4 Å². The van der Waals surface area contributed by atoms with Crippen LogP contribution < -0.4 is 4.90 Å². The highest BCUT2D eigenvalue weighted by molar-refractivity contribution is 5.99. The van der Waals surface area contributed by atoms with Crippen molar-refractivity contribution in [3.05, 3.63) is 41.6 Å². The minimum Gasteiger partial charge on any atom is -0.377 e. The fourth-order valence-electron chi connectivity index (χ4n) is 7.46. The summed E-state index contributed by atoms with van der Waals surface area (Å²) in [7, 11) is 0. The number of anilines is 1. The normalized spacial score (nSPS) is 45.2. The van der Waals surface area contributed by atoms with Gasteiger partial charge in [0.1, 0.15) is 0 Å². The minimum atomic E-state index is 0.113. The maximum absolute atomic E-state index is 13.2. The standard InChI is InChI=1S/C21H22N2O2/c24-18-10-16-19-13-9-17-21(6-7-22(17)11-12(13)5-8-25-16)14-3-1-2-4-15(14)23(18)20(19)21/h1-4,11,13,16-17,19-20H,5-10H2/t13-,16-,17+,19-,20-,21+/m0/s1. The molecule has 1 saturated carbocycles. The van der Waals surface area contributed by atoms with Crippen molar-refractivity contribution >= 4 is 11.6 Å². The van der Waals surface area contributed by atoms with E-state index in [0.717, 1.165) is 19.6 Å². The number of nitrogens with zero attached hydrogens (tertiary/aromatic N) is 2. The van der Waals surface area contributed by atoms with Crippen LogP contribution in [0.25, 0.3) is 0 Å². The van der Waals surface area contributed by atoms with Gasteiger partial charge in [-0.1, -0.05) is 18.2 Å². The number of benzene rings is 1. The number of para-hydroxylation sites is 1. The lowest BCUT2D eigenvalue weighted by atomic mass is 9.54. The average molecular weight is 334 g/mol. The molecule has 0 aromatic heterocycles. The summed E-state index contributed by atoms with van der Waals surface area (Å²) < 4.78 is 6.29. The van der Waals surface area contributed by atoms with Crippen molar-refractivity contribution in [1.82, 2.24) is 4.90 Å². The molecule has 1 aromatic rings. The maximum Gasteiger partial charge on any atom is 0.229 e. The molecule has 5 aliphatic heterocycles. The Balaban J connectivity index is 1.56. The van der Waals surface area contributed by atoms with Crippen LogP contribution in [-0.2, 0) is 14.9 Å². The lowest BCUT2D eigenvalue weighted by Crippen LogP contribution is -2.68. The number of ether oxygens (including phenoxy) is 1. The molecular formula is C21H22N2O2. The van der Waals surface area contributed by atoms with E-state index in [2.05, 4.69) is 40.3 Å². The summed E-state index contributed by atoms with van der Waals surface area (Å²) in [4.78, 5) is 18.0. The molecule has 6 aliphatic rings. The fourth-order valence-corrected chi connectivity index (χ4v) is 7.46. The first-order valence-corrected chi connectivity index (χ1v) is 9.78. The summed E-state index contributed by atoms with van der Waals surface area (Å²) >= 11 is 0. The molecule has 6 atom stereocenters. The second-order valence-corrected chi connectivity index (χ2v) is 8.76. The Morgan fingerprint density at radius 2 is 2.16 bits per heavy atom. The molecule has 128 valence electrons. The number of rotatable bonds is 0. The van der Waals surface area contributed by atoms with Crippen molar-refractivity contribution in [1.29, 1.82) is 0 Å². The van der Waals surface area contributed by atoms with Gasteiger partial charge in [0.2, 0.25) is 5.91 Å². The SMILES string of the molecule is O=C1C[C@@H]2OCCC3=CN4CC[C@]56c7ccccc7N1[C@H]5[C@H]2[C@H]3C[C@@H]46. The lowest BCUT2D eigenvalue weighted by molar-refractivity contribution is -0.131. The van der Waals surface area contributed by atoms with Crippen molar-refractivity contribution in [3.8, 4) is 0 Å². The van der Waals surface area contributed by atoms with E-state index >= 15 is 0 Å². The van der Waals surface area contributed by atoms with Gasteiger partial charge < -0.3 is 14.5 Å². The molecule has 25 heavy (non-hydrogen) atoms. The predicted octanol–water partition coefficient (Wildman–Crippen LogP) is 2.44. The summed E-state index contributed by atoms with van der Waals surface area (Å²) in [6, 6.07) is 9.59. The molecule has 1 aromatic carbocycles. The largest absolute Gasteiger partial charge is 0.377 e. The van der Waals surface area contributed by atoms with Gasteiger partial charge in [-0.2, -0.15) is 0 Å². The van der Waals surface area contributed by atoms with Gasteiger partial charge in [0.15, 0.2) is 0 Å².